The lowest BCUT2D eigenvalue weighted by Gasteiger charge is -2.19. The Morgan fingerprint density at radius 3 is 2.53 bits per heavy atom. The zero-order chi connectivity index (χ0) is 21.8. The van der Waals surface area contributed by atoms with Gasteiger partial charge in [0.2, 0.25) is 11.6 Å². The third-order valence-electron chi connectivity index (χ3n) is 4.55. The van der Waals surface area contributed by atoms with E-state index in [2.05, 4.69) is 15.5 Å². The summed E-state index contributed by atoms with van der Waals surface area (Å²) >= 11 is 0. The van der Waals surface area contributed by atoms with Crippen LogP contribution in [0, 0.1) is 6.92 Å². The highest BCUT2D eigenvalue weighted by Crippen LogP contribution is 2.21. The fraction of sp³-hybridized carbons (Fsp3) is 0.350. The van der Waals surface area contributed by atoms with Gasteiger partial charge in [-0.25, -0.2) is 4.79 Å². The molecular weight excluding hydrogens is 392 g/mol. The van der Waals surface area contributed by atoms with Crippen LogP contribution in [0.15, 0.2) is 33.6 Å². The molecule has 0 saturated carbocycles. The van der Waals surface area contributed by atoms with Crippen molar-refractivity contribution in [1.29, 1.82) is 0 Å². The minimum Gasteiger partial charge on any atom is -0.497 e. The van der Waals surface area contributed by atoms with Crippen molar-refractivity contribution in [2.45, 2.75) is 33.2 Å². The van der Waals surface area contributed by atoms with Crippen LogP contribution in [0.25, 0.3) is 11.1 Å². The summed E-state index contributed by atoms with van der Waals surface area (Å²) < 4.78 is 16.3. The second-order valence-electron chi connectivity index (χ2n) is 6.41. The van der Waals surface area contributed by atoms with Gasteiger partial charge in [-0.3, -0.25) is 14.2 Å². The summed E-state index contributed by atoms with van der Waals surface area (Å²) in [7, 11) is 1.55. The zero-order valence-electron chi connectivity index (χ0n) is 17.1. The molecule has 30 heavy (non-hydrogen) atoms. The third-order valence-corrected chi connectivity index (χ3v) is 4.55. The number of rotatable bonds is 7. The summed E-state index contributed by atoms with van der Waals surface area (Å²) in [4.78, 5) is 42.5. The maximum absolute atomic E-state index is 13.2. The smallest absolute Gasteiger partial charge is 0.361 e. The molecule has 10 heteroatoms. The molecular formula is C20H22N4O6. The highest BCUT2D eigenvalue weighted by molar-refractivity contribution is 6.00. The van der Waals surface area contributed by atoms with Gasteiger partial charge in [0.15, 0.2) is 0 Å². The molecule has 1 atom stereocenters. The van der Waals surface area contributed by atoms with Gasteiger partial charge in [-0.15, -0.1) is 0 Å². The summed E-state index contributed by atoms with van der Waals surface area (Å²) in [6.45, 7) is 5.10. The Morgan fingerprint density at radius 1 is 1.23 bits per heavy atom. The number of nitrogens with one attached hydrogen (secondary N) is 1. The number of hydrogen-bond donors (Lipinski definition) is 1. The monoisotopic (exact) mass is 414 g/mol. The molecule has 0 saturated heterocycles. The summed E-state index contributed by atoms with van der Waals surface area (Å²) in [6.07, 6.45) is 0.315. The van der Waals surface area contributed by atoms with Gasteiger partial charge >= 0.3 is 5.97 Å². The molecule has 158 valence electrons. The molecule has 1 N–H and O–H groups in total. The number of esters is 1. The second-order valence-corrected chi connectivity index (χ2v) is 6.41. The number of amides is 1. The predicted molar refractivity (Wildman–Crippen MR) is 108 cm³/mol. The number of benzene rings is 1. The van der Waals surface area contributed by atoms with E-state index in [1.54, 1.807) is 52.1 Å². The van der Waals surface area contributed by atoms with E-state index in [1.807, 2.05) is 0 Å². The Kier molecular flexibility index (Phi) is 6.14. The zero-order valence-corrected chi connectivity index (χ0v) is 17.1. The Morgan fingerprint density at radius 2 is 1.93 bits per heavy atom. The number of carbonyl (C=O) groups is 2. The molecule has 0 fully saturated rings. The number of carbonyl (C=O) groups excluding carboxylic acids is 2. The first kappa shape index (κ1) is 21.0. The topological polar surface area (TPSA) is 126 Å². The maximum atomic E-state index is 13.2. The van der Waals surface area contributed by atoms with Crippen LogP contribution in [0.4, 0.5) is 5.69 Å². The SMILES string of the molecule is CCOC(=O)c1noc2nc(C)n(C(CC)C(=O)Nc3ccc(OC)cc3)c(=O)c12. The molecule has 0 aliphatic heterocycles. The number of methoxy groups -OCH3 is 1. The van der Waals surface area contributed by atoms with E-state index in [1.165, 1.54) is 4.57 Å². The van der Waals surface area contributed by atoms with Gasteiger partial charge in [0.1, 0.15) is 23.0 Å². The van der Waals surface area contributed by atoms with Crippen LogP contribution in [-0.2, 0) is 9.53 Å². The molecule has 1 aromatic carbocycles. The molecule has 1 unspecified atom stereocenters. The minimum atomic E-state index is -0.860. The molecule has 3 rings (SSSR count). The van der Waals surface area contributed by atoms with Crippen LogP contribution in [0.3, 0.4) is 0 Å². The van der Waals surface area contributed by atoms with Crippen LogP contribution < -0.4 is 15.6 Å². The molecule has 1 amide bonds. The van der Waals surface area contributed by atoms with Crippen molar-refractivity contribution >= 4 is 28.7 Å². The Balaban J connectivity index is 2.01. The van der Waals surface area contributed by atoms with E-state index in [0.717, 1.165) is 0 Å². The molecule has 0 bridgehead atoms. The quantitative estimate of drug-likeness (QED) is 0.585. The number of aromatic nitrogens is 3. The second kappa shape index (κ2) is 8.76. The summed E-state index contributed by atoms with van der Waals surface area (Å²) in [5.41, 5.74) is -0.388. The average Bonchev–Trinajstić information content (AvgIpc) is 3.15. The standard InChI is InChI=1S/C20H22N4O6/c1-5-14(17(25)22-12-7-9-13(28-4)10-8-12)24-11(3)21-18-15(19(24)26)16(23-30-18)20(27)29-6-2/h7-10,14H,5-6H2,1-4H3,(H,22,25). The van der Waals surface area contributed by atoms with Crippen molar-refractivity contribution < 1.29 is 23.6 Å². The highest BCUT2D eigenvalue weighted by Gasteiger charge is 2.28. The van der Waals surface area contributed by atoms with E-state index in [9.17, 15) is 14.4 Å². The van der Waals surface area contributed by atoms with Gasteiger partial charge in [0.25, 0.3) is 11.3 Å². The summed E-state index contributed by atoms with van der Waals surface area (Å²) in [6, 6.07) is 5.95. The van der Waals surface area contributed by atoms with Crippen molar-refractivity contribution in [3.05, 3.63) is 46.1 Å². The van der Waals surface area contributed by atoms with Gasteiger partial charge in [0.05, 0.1) is 13.7 Å². The fourth-order valence-electron chi connectivity index (χ4n) is 3.11. The number of nitrogens with zero attached hydrogens (tertiary/aromatic N) is 3. The van der Waals surface area contributed by atoms with Crippen LogP contribution in [0.2, 0.25) is 0 Å². The third kappa shape index (κ3) is 3.88. The van der Waals surface area contributed by atoms with Gasteiger partial charge in [0, 0.05) is 5.69 Å². The van der Waals surface area contributed by atoms with E-state index >= 15 is 0 Å². The van der Waals surface area contributed by atoms with Crippen LogP contribution in [-0.4, -0.2) is 40.3 Å². The van der Waals surface area contributed by atoms with Gasteiger partial charge in [-0.2, -0.15) is 4.98 Å². The lowest BCUT2D eigenvalue weighted by molar-refractivity contribution is -0.119. The molecule has 0 radical (unpaired) electrons. The van der Waals surface area contributed by atoms with Crippen LogP contribution in [0.5, 0.6) is 5.75 Å². The predicted octanol–water partition coefficient (Wildman–Crippen LogP) is 2.47. The molecule has 10 nitrogen and oxygen atoms in total. The highest BCUT2D eigenvalue weighted by atomic mass is 16.5. The van der Waals surface area contributed by atoms with Gasteiger partial charge < -0.3 is 19.3 Å². The molecule has 3 aromatic rings. The van der Waals surface area contributed by atoms with E-state index < -0.39 is 23.5 Å². The largest absolute Gasteiger partial charge is 0.497 e. The Bertz CT molecular complexity index is 1130. The van der Waals surface area contributed by atoms with Crippen molar-refractivity contribution in [2.24, 2.45) is 0 Å². The van der Waals surface area contributed by atoms with Gasteiger partial charge in [-0.1, -0.05) is 12.1 Å². The van der Waals surface area contributed by atoms with Crippen molar-refractivity contribution in [2.75, 3.05) is 19.0 Å². The van der Waals surface area contributed by atoms with Crippen molar-refractivity contribution in [1.82, 2.24) is 14.7 Å². The van der Waals surface area contributed by atoms with Crippen LogP contribution in [0.1, 0.15) is 42.6 Å². The molecule has 2 heterocycles. The fourth-order valence-corrected chi connectivity index (χ4v) is 3.11. The molecule has 0 aliphatic carbocycles. The number of ether oxygens (including phenoxy) is 2. The molecule has 0 spiro atoms. The van der Waals surface area contributed by atoms with Crippen molar-refractivity contribution in [3.8, 4) is 5.75 Å². The number of fused-ring (bicyclic) bond motifs is 1. The van der Waals surface area contributed by atoms with E-state index in [4.69, 9.17) is 14.0 Å². The maximum Gasteiger partial charge on any atom is 0.361 e. The first-order valence-corrected chi connectivity index (χ1v) is 9.41. The van der Waals surface area contributed by atoms with Crippen LogP contribution >= 0.6 is 0 Å². The number of hydrogen-bond acceptors (Lipinski definition) is 8. The Hall–Kier alpha value is -3.69. The lowest BCUT2D eigenvalue weighted by Crippen LogP contribution is -2.35. The lowest BCUT2D eigenvalue weighted by atomic mass is 10.1. The van der Waals surface area contributed by atoms with E-state index in [0.29, 0.717) is 17.9 Å². The minimum absolute atomic E-state index is 0.0813. The first-order chi connectivity index (χ1) is 14.4. The Labute approximate surface area is 171 Å². The van der Waals surface area contributed by atoms with Crippen molar-refractivity contribution in [3.63, 3.8) is 0 Å². The van der Waals surface area contributed by atoms with Gasteiger partial charge in [-0.05, 0) is 44.5 Å². The summed E-state index contributed by atoms with van der Waals surface area (Å²) in [5.74, 6) is -0.277. The molecule has 2 aromatic heterocycles. The number of aryl methyl sites for hydroxylation is 1. The normalized spacial score (nSPS) is 11.9. The van der Waals surface area contributed by atoms with E-state index in [-0.39, 0.29) is 29.2 Å². The number of anilines is 1. The molecule has 0 aliphatic rings. The summed E-state index contributed by atoms with van der Waals surface area (Å²) in [5, 5.41) is 6.30. The first-order valence-electron chi connectivity index (χ1n) is 9.41. The average molecular weight is 414 g/mol.